The van der Waals surface area contributed by atoms with E-state index in [2.05, 4.69) is 0 Å². The molecule has 9 N–H and O–H groups in total. The predicted molar refractivity (Wildman–Crippen MR) is 213 cm³/mol. The maximum Gasteiger partial charge on any atom is 0.337 e. The number of phenols is 2. The second-order valence-corrected chi connectivity index (χ2v) is 16.1. The van der Waals surface area contributed by atoms with E-state index in [1.54, 1.807) is 31.2 Å². The van der Waals surface area contributed by atoms with Gasteiger partial charge in [0.05, 0.1) is 65.5 Å². The zero-order chi connectivity index (χ0) is 46.9. The Hall–Kier alpha value is -4.66. The van der Waals surface area contributed by atoms with Gasteiger partial charge in [-0.25, -0.2) is 4.79 Å². The van der Waals surface area contributed by atoms with Crippen molar-refractivity contribution in [3.8, 4) is 23.0 Å². The van der Waals surface area contributed by atoms with Crippen LogP contribution in [0.15, 0.2) is 59.9 Å². The van der Waals surface area contributed by atoms with E-state index in [0.717, 1.165) is 13.4 Å². The van der Waals surface area contributed by atoms with Gasteiger partial charge in [0.25, 0.3) is 0 Å². The summed E-state index contributed by atoms with van der Waals surface area (Å²) in [5, 5.41) is 94.9. The minimum absolute atomic E-state index is 0.0353. The minimum Gasteiger partial charge on any atom is -0.504 e. The first-order chi connectivity index (χ1) is 31.1. The number of ether oxygens (including phenoxy) is 11. The van der Waals surface area contributed by atoms with Crippen LogP contribution in [0.1, 0.15) is 36.7 Å². The van der Waals surface area contributed by atoms with Crippen molar-refractivity contribution in [2.24, 2.45) is 11.8 Å². The molecule has 0 aromatic heterocycles. The molecule has 22 nitrogen and oxygen atoms in total. The molecule has 16 unspecified atom stereocenters. The van der Waals surface area contributed by atoms with Crippen molar-refractivity contribution in [1.82, 2.24) is 0 Å². The Balaban J connectivity index is 1.09. The number of carbonyl (C=O) groups is 2. The number of carbonyl (C=O) groups excluding carboxylic acids is 2. The summed E-state index contributed by atoms with van der Waals surface area (Å²) in [4.78, 5) is 26.5. The smallest absolute Gasteiger partial charge is 0.337 e. The van der Waals surface area contributed by atoms with Gasteiger partial charge in [-0.2, -0.15) is 0 Å². The van der Waals surface area contributed by atoms with Crippen LogP contribution in [-0.4, -0.2) is 179 Å². The van der Waals surface area contributed by atoms with Crippen LogP contribution in [0.25, 0.3) is 0 Å². The van der Waals surface area contributed by atoms with Gasteiger partial charge in [-0.05, 0) is 42.3 Å². The Labute approximate surface area is 371 Å². The lowest BCUT2D eigenvalue weighted by Gasteiger charge is -2.44. The molecule has 0 aliphatic carbocycles. The van der Waals surface area contributed by atoms with Crippen LogP contribution in [0.2, 0.25) is 0 Å². The average Bonchev–Trinajstić information content (AvgIpc) is 3.85. The van der Waals surface area contributed by atoms with Crippen LogP contribution >= 0.6 is 0 Å². The van der Waals surface area contributed by atoms with E-state index in [-0.39, 0.29) is 47.4 Å². The number of phenolic OH excluding ortho intramolecular Hbond substituents is 2. The Morgan fingerprint density at radius 2 is 1.42 bits per heavy atom. The summed E-state index contributed by atoms with van der Waals surface area (Å²) in [5.41, 5.74) is -0.387. The lowest BCUT2D eigenvalue weighted by molar-refractivity contribution is -0.334. The Bertz CT molecular complexity index is 2080. The van der Waals surface area contributed by atoms with Crippen molar-refractivity contribution in [3.63, 3.8) is 0 Å². The molecule has 5 aliphatic heterocycles. The predicted octanol–water partition coefficient (Wildman–Crippen LogP) is -1.14. The number of methoxy groups -OCH3 is 3. The molecular weight excluding hydrogens is 868 g/mol. The van der Waals surface area contributed by atoms with Crippen LogP contribution in [0.3, 0.4) is 0 Å². The fraction of sp³-hybridized carbons (Fsp3) is 0.581. The zero-order valence-corrected chi connectivity index (χ0v) is 35.6. The standard InChI is InChI=1S/C43H54O22/c1-5-20-21(22(39(54)57-4)14-60-40(20)64-41-35(52)33(50)31(48)28(13-44)62-41)12-30(47)58-16-29-32(49)34(51)36(53)42(63-29)65-43-17-61-37(18-6-8-24(45)26(10-18)55-2)23(43)15-59-38(43)19-7-9-25(46)27(11-19)56-3/h5-11,14,21,23,28-29,31-38,40-42,44-46,48-53H,12-13,15-17H2,1-4H3/b20-5-. The maximum atomic E-state index is 13.6. The molecule has 358 valence electrons. The fourth-order valence-electron chi connectivity index (χ4n) is 8.85. The van der Waals surface area contributed by atoms with E-state index in [1.807, 2.05) is 0 Å². The van der Waals surface area contributed by atoms with E-state index in [1.165, 1.54) is 32.4 Å². The van der Waals surface area contributed by atoms with Crippen molar-refractivity contribution in [2.45, 2.75) is 98.9 Å². The number of benzene rings is 2. The molecule has 0 spiro atoms. The lowest BCUT2D eigenvalue weighted by atomic mass is 9.80. The third-order valence-corrected chi connectivity index (χ3v) is 12.4. The number of fused-ring (bicyclic) bond motifs is 1. The molecule has 0 saturated carbocycles. The molecule has 4 saturated heterocycles. The highest BCUT2D eigenvalue weighted by molar-refractivity contribution is 5.90. The van der Waals surface area contributed by atoms with Gasteiger partial charge in [0.15, 0.2) is 35.6 Å². The maximum absolute atomic E-state index is 13.6. The molecule has 22 heteroatoms. The summed E-state index contributed by atoms with van der Waals surface area (Å²) in [6, 6.07) is 9.23. The highest BCUT2D eigenvalue weighted by Crippen LogP contribution is 2.57. The molecule has 5 heterocycles. The zero-order valence-electron chi connectivity index (χ0n) is 35.6. The van der Waals surface area contributed by atoms with Gasteiger partial charge >= 0.3 is 11.9 Å². The molecule has 16 atom stereocenters. The normalized spacial score (nSPS) is 37.5. The average molecular weight is 923 g/mol. The van der Waals surface area contributed by atoms with Gasteiger partial charge in [0.1, 0.15) is 67.1 Å². The Morgan fingerprint density at radius 1 is 0.800 bits per heavy atom. The summed E-state index contributed by atoms with van der Waals surface area (Å²) < 4.78 is 63.5. The number of aliphatic hydroxyl groups is 7. The van der Waals surface area contributed by atoms with E-state index < -0.39 is 129 Å². The van der Waals surface area contributed by atoms with Crippen LogP contribution < -0.4 is 9.47 Å². The first-order valence-corrected chi connectivity index (χ1v) is 20.7. The topological polar surface area (TPSA) is 318 Å². The molecule has 2 aromatic carbocycles. The summed E-state index contributed by atoms with van der Waals surface area (Å²) in [5.74, 6) is -3.54. The Kier molecular flexibility index (Phi) is 14.9. The van der Waals surface area contributed by atoms with Crippen LogP contribution in [0.4, 0.5) is 0 Å². The second-order valence-electron chi connectivity index (χ2n) is 16.1. The minimum atomic E-state index is -1.89. The van der Waals surface area contributed by atoms with Crippen LogP contribution in [0, 0.1) is 11.8 Å². The Morgan fingerprint density at radius 3 is 2.05 bits per heavy atom. The number of esters is 2. The highest BCUT2D eigenvalue weighted by Gasteiger charge is 2.64. The molecular formula is C43H54O22. The van der Waals surface area contributed by atoms with Crippen molar-refractivity contribution in [2.75, 3.05) is 47.8 Å². The van der Waals surface area contributed by atoms with Gasteiger partial charge in [0.2, 0.25) is 6.29 Å². The monoisotopic (exact) mass is 922 g/mol. The number of rotatable bonds is 14. The third-order valence-electron chi connectivity index (χ3n) is 12.4. The van der Waals surface area contributed by atoms with E-state index >= 15 is 0 Å². The van der Waals surface area contributed by atoms with Gasteiger partial charge in [-0.3, -0.25) is 4.79 Å². The van der Waals surface area contributed by atoms with Crippen LogP contribution in [0.5, 0.6) is 23.0 Å². The van der Waals surface area contributed by atoms with Gasteiger partial charge < -0.3 is 98.1 Å². The second kappa shape index (κ2) is 20.1. The molecule has 0 amide bonds. The summed E-state index contributed by atoms with van der Waals surface area (Å²) in [6.07, 6.45) is -18.2. The number of hydrogen-bond acceptors (Lipinski definition) is 22. The molecule has 0 radical (unpaired) electrons. The summed E-state index contributed by atoms with van der Waals surface area (Å²) >= 11 is 0. The van der Waals surface area contributed by atoms with Gasteiger partial charge in [-0.1, -0.05) is 18.2 Å². The molecule has 2 aromatic rings. The van der Waals surface area contributed by atoms with E-state index in [9.17, 15) is 55.5 Å². The SMILES string of the molecule is C/C=C1\C(OC2OC(CO)C(O)C(O)C2O)OC=C(C(=O)OC)C1CC(=O)OCC1OC(OC23COC(c4ccc(O)c(OC)c4)C2COC3c2ccc(O)c(OC)c2)C(O)C(O)C1O. The van der Waals surface area contributed by atoms with Crippen LogP contribution in [-0.2, 0) is 52.2 Å². The molecule has 4 fully saturated rings. The third kappa shape index (κ3) is 9.24. The molecule has 7 rings (SSSR count). The summed E-state index contributed by atoms with van der Waals surface area (Å²) in [7, 11) is 3.88. The van der Waals surface area contributed by atoms with Gasteiger partial charge in [-0.15, -0.1) is 0 Å². The summed E-state index contributed by atoms with van der Waals surface area (Å²) in [6.45, 7) is -0.0136. The quantitative estimate of drug-likeness (QED) is 0.0799. The van der Waals surface area contributed by atoms with Crippen molar-refractivity contribution < 1.29 is 108 Å². The molecule has 65 heavy (non-hydrogen) atoms. The van der Waals surface area contributed by atoms with Crippen molar-refractivity contribution in [3.05, 3.63) is 71.0 Å². The first kappa shape index (κ1) is 48.3. The van der Waals surface area contributed by atoms with Crippen molar-refractivity contribution in [1.29, 1.82) is 0 Å². The molecule has 5 aliphatic rings. The van der Waals surface area contributed by atoms with Crippen molar-refractivity contribution >= 4 is 11.9 Å². The van der Waals surface area contributed by atoms with Gasteiger partial charge in [0, 0.05) is 17.4 Å². The lowest BCUT2D eigenvalue weighted by Crippen LogP contribution is -2.62. The molecule has 0 bridgehead atoms. The first-order valence-electron chi connectivity index (χ1n) is 20.7. The van der Waals surface area contributed by atoms with E-state index in [4.69, 9.17) is 52.1 Å². The largest absolute Gasteiger partial charge is 0.504 e. The number of aromatic hydroxyl groups is 2. The highest BCUT2D eigenvalue weighted by atomic mass is 16.8. The fourth-order valence-corrected chi connectivity index (χ4v) is 8.85. The number of allylic oxidation sites excluding steroid dienone is 1. The number of hydrogen-bond donors (Lipinski definition) is 9. The van der Waals surface area contributed by atoms with E-state index in [0.29, 0.717) is 11.1 Å². The number of aliphatic hydroxyl groups excluding tert-OH is 7.